The summed E-state index contributed by atoms with van der Waals surface area (Å²) < 4.78 is 41.6. The van der Waals surface area contributed by atoms with Gasteiger partial charge < -0.3 is 14.7 Å². The summed E-state index contributed by atoms with van der Waals surface area (Å²) in [6, 6.07) is 20.7. The second-order valence-electron chi connectivity index (χ2n) is 9.57. The van der Waals surface area contributed by atoms with Crippen LogP contribution in [-0.4, -0.2) is 37.6 Å². The Bertz CT molecular complexity index is 1850. The highest BCUT2D eigenvalue weighted by atomic mass is 32.2. The van der Waals surface area contributed by atoms with Crippen LogP contribution >= 0.6 is 0 Å². The molecule has 1 aliphatic rings. The molecule has 0 spiro atoms. The second kappa shape index (κ2) is 11.0. The average molecular weight is 572 g/mol. The summed E-state index contributed by atoms with van der Waals surface area (Å²) in [7, 11) is -4.15. The Morgan fingerprint density at radius 1 is 0.829 bits per heavy atom. The van der Waals surface area contributed by atoms with Crippen LogP contribution in [0.3, 0.4) is 0 Å². The van der Waals surface area contributed by atoms with Crippen molar-refractivity contribution in [2.75, 3.05) is 13.2 Å². The SMILES string of the molecule is O=C1c2ccccc2-c2nccc3cc(OCCCCCCOc4no[n+]([O-])c4S(=O)(=O)c4ccccc4)cc1c23. The summed E-state index contributed by atoms with van der Waals surface area (Å²) in [5, 5.41) is 16.5. The topological polar surface area (TPSA) is 136 Å². The highest BCUT2D eigenvalue weighted by Gasteiger charge is 2.35. The zero-order valence-electron chi connectivity index (χ0n) is 21.9. The number of pyridine rings is 1. The van der Waals surface area contributed by atoms with Crippen LogP contribution in [0.1, 0.15) is 41.6 Å². The van der Waals surface area contributed by atoms with Gasteiger partial charge in [-0.2, -0.15) is 0 Å². The first-order valence-corrected chi connectivity index (χ1v) is 14.7. The fraction of sp³-hybridized carbons (Fsp3) is 0.200. The Labute approximate surface area is 235 Å². The third-order valence-electron chi connectivity index (χ3n) is 6.91. The van der Waals surface area contributed by atoms with E-state index in [1.54, 1.807) is 30.5 Å². The predicted molar refractivity (Wildman–Crippen MR) is 147 cm³/mol. The van der Waals surface area contributed by atoms with Gasteiger partial charge in [-0.05, 0) is 66.3 Å². The summed E-state index contributed by atoms with van der Waals surface area (Å²) in [6.45, 7) is 0.631. The number of carbonyl (C=O) groups excluding carboxylic acids is 1. The van der Waals surface area contributed by atoms with Gasteiger partial charge in [0.05, 0.1) is 29.0 Å². The van der Waals surface area contributed by atoms with E-state index in [0.717, 1.165) is 41.3 Å². The third-order valence-corrected chi connectivity index (χ3v) is 8.63. The van der Waals surface area contributed by atoms with Crippen molar-refractivity contribution in [3.8, 4) is 22.9 Å². The van der Waals surface area contributed by atoms with E-state index in [4.69, 9.17) is 9.47 Å². The van der Waals surface area contributed by atoms with Gasteiger partial charge in [-0.3, -0.25) is 14.4 Å². The zero-order chi connectivity index (χ0) is 28.4. The van der Waals surface area contributed by atoms with Crippen LogP contribution in [0.4, 0.5) is 0 Å². The van der Waals surface area contributed by atoms with E-state index in [2.05, 4.69) is 14.8 Å². The smallest absolute Gasteiger partial charge is 0.414 e. The van der Waals surface area contributed by atoms with Gasteiger partial charge in [0.1, 0.15) is 5.75 Å². The molecule has 11 heteroatoms. The number of hydrogen-bond donors (Lipinski definition) is 0. The van der Waals surface area contributed by atoms with Crippen molar-refractivity contribution >= 4 is 26.4 Å². The molecule has 0 radical (unpaired) electrons. The maximum Gasteiger partial charge on any atom is 0.414 e. The number of unbranched alkanes of at least 4 members (excludes halogenated alkanes) is 3. The number of fused-ring (bicyclic) bond motifs is 2. The van der Waals surface area contributed by atoms with E-state index in [1.165, 1.54) is 12.1 Å². The van der Waals surface area contributed by atoms with E-state index in [9.17, 15) is 18.4 Å². The van der Waals surface area contributed by atoms with E-state index < -0.39 is 14.9 Å². The lowest BCUT2D eigenvalue weighted by Gasteiger charge is -2.19. The number of aromatic nitrogens is 3. The first kappa shape index (κ1) is 26.5. The largest absolute Gasteiger partial charge is 0.494 e. The molecule has 6 rings (SSSR count). The molecule has 2 aromatic heterocycles. The fourth-order valence-corrected chi connectivity index (χ4v) is 6.24. The first-order chi connectivity index (χ1) is 19.9. The molecule has 5 aromatic rings. The Kier molecular flexibility index (Phi) is 7.10. The summed E-state index contributed by atoms with van der Waals surface area (Å²) in [6.07, 6.45) is 4.74. The first-order valence-electron chi connectivity index (χ1n) is 13.2. The van der Waals surface area contributed by atoms with Crippen molar-refractivity contribution in [1.29, 1.82) is 0 Å². The van der Waals surface area contributed by atoms with Crippen LogP contribution in [0.2, 0.25) is 0 Å². The van der Waals surface area contributed by atoms with E-state index in [1.807, 2.05) is 36.4 Å². The molecule has 208 valence electrons. The molecule has 0 fully saturated rings. The number of sulfone groups is 1. The lowest BCUT2D eigenvalue weighted by molar-refractivity contribution is -0.832. The predicted octanol–water partition coefficient (Wildman–Crippen LogP) is 4.92. The molecule has 0 unspecified atom stereocenters. The van der Waals surface area contributed by atoms with E-state index >= 15 is 0 Å². The highest BCUT2D eigenvalue weighted by molar-refractivity contribution is 7.91. The van der Waals surface area contributed by atoms with Crippen molar-refractivity contribution in [2.45, 2.75) is 35.6 Å². The molecular weight excluding hydrogens is 546 g/mol. The zero-order valence-corrected chi connectivity index (χ0v) is 22.7. The maximum absolute atomic E-state index is 13.2. The number of ether oxygens (including phenoxy) is 2. The summed E-state index contributed by atoms with van der Waals surface area (Å²) in [4.78, 5) is 17.6. The van der Waals surface area contributed by atoms with Gasteiger partial charge in [-0.15, -0.1) is 0 Å². The number of carbonyl (C=O) groups is 1. The molecular formula is C30H25N3O7S. The fourth-order valence-electron chi connectivity index (χ4n) is 4.95. The summed E-state index contributed by atoms with van der Waals surface area (Å²) in [5.74, 6) is 0.235. The molecule has 0 aliphatic heterocycles. The standard InChI is InChI=1S/C30H25N3O7S/c34-28-24-13-7-6-12-23(24)27-26-20(14-15-31-27)18-21(19-25(26)28)38-16-8-1-2-9-17-39-29-30(33(35)40-32-29)41(36,37)22-10-4-3-5-11-22/h3-7,10-15,18-19H,1-2,8-9,16-17H2. The average Bonchev–Trinajstić information content (AvgIpc) is 3.38. The van der Waals surface area contributed by atoms with Gasteiger partial charge >= 0.3 is 10.9 Å². The number of ketones is 1. The minimum atomic E-state index is -4.15. The number of hydrogen-bond acceptors (Lipinski definition) is 9. The molecule has 0 amide bonds. The molecule has 0 bridgehead atoms. The minimum Gasteiger partial charge on any atom is -0.494 e. The van der Waals surface area contributed by atoms with Crippen LogP contribution in [0.15, 0.2) is 93.5 Å². The van der Waals surface area contributed by atoms with E-state index in [0.29, 0.717) is 29.9 Å². The molecule has 0 saturated heterocycles. The minimum absolute atomic E-state index is 0.0362. The molecule has 2 heterocycles. The van der Waals surface area contributed by atoms with Gasteiger partial charge in [0.2, 0.25) is 0 Å². The number of nitrogens with zero attached hydrogens (tertiary/aromatic N) is 3. The van der Waals surface area contributed by atoms with Gasteiger partial charge in [0.15, 0.2) is 5.78 Å². The van der Waals surface area contributed by atoms with Crippen LogP contribution in [0.25, 0.3) is 22.0 Å². The van der Waals surface area contributed by atoms with Crippen molar-refractivity contribution in [2.24, 2.45) is 0 Å². The Morgan fingerprint density at radius 3 is 2.32 bits per heavy atom. The lowest BCUT2D eigenvalue weighted by Crippen LogP contribution is -2.30. The Morgan fingerprint density at radius 2 is 1.54 bits per heavy atom. The molecule has 41 heavy (non-hydrogen) atoms. The summed E-state index contributed by atoms with van der Waals surface area (Å²) in [5.41, 5.74) is 2.89. The molecule has 0 N–H and O–H groups in total. The molecule has 10 nitrogen and oxygen atoms in total. The Hall–Kier alpha value is -4.77. The molecule has 1 aliphatic carbocycles. The number of benzene rings is 3. The van der Waals surface area contributed by atoms with Crippen LogP contribution < -0.4 is 14.4 Å². The van der Waals surface area contributed by atoms with Crippen molar-refractivity contribution in [1.82, 2.24) is 10.1 Å². The molecule has 0 saturated carbocycles. The third kappa shape index (κ3) is 5.00. The molecule has 3 aromatic carbocycles. The van der Waals surface area contributed by atoms with Crippen LogP contribution in [0.5, 0.6) is 11.6 Å². The normalized spacial score (nSPS) is 12.3. The quantitative estimate of drug-likeness (QED) is 0.157. The van der Waals surface area contributed by atoms with Gasteiger partial charge in [-0.25, -0.2) is 8.42 Å². The highest BCUT2D eigenvalue weighted by Crippen LogP contribution is 2.39. The lowest BCUT2D eigenvalue weighted by atomic mass is 9.85. The van der Waals surface area contributed by atoms with Gasteiger partial charge in [-0.1, -0.05) is 42.5 Å². The van der Waals surface area contributed by atoms with Crippen molar-refractivity contribution in [3.05, 3.63) is 95.3 Å². The second-order valence-corrected chi connectivity index (χ2v) is 11.4. The molecule has 0 atom stereocenters. The summed E-state index contributed by atoms with van der Waals surface area (Å²) >= 11 is 0. The van der Waals surface area contributed by atoms with Crippen LogP contribution in [-0.2, 0) is 9.84 Å². The van der Waals surface area contributed by atoms with Crippen molar-refractivity contribution < 1.29 is 32.2 Å². The van der Waals surface area contributed by atoms with Crippen LogP contribution in [0, 0.1) is 5.21 Å². The number of rotatable bonds is 11. The van der Waals surface area contributed by atoms with Crippen molar-refractivity contribution in [3.63, 3.8) is 0 Å². The van der Waals surface area contributed by atoms with E-state index in [-0.39, 0.29) is 28.1 Å². The van der Waals surface area contributed by atoms with Gasteiger partial charge in [0, 0.05) is 28.3 Å². The Balaban J connectivity index is 1.01. The monoisotopic (exact) mass is 571 g/mol. The maximum atomic E-state index is 13.2. The van der Waals surface area contributed by atoms with Gasteiger partial charge in [0.25, 0.3) is 9.84 Å².